The van der Waals surface area contributed by atoms with Crippen molar-refractivity contribution in [2.24, 2.45) is 0 Å². The number of benzene rings is 1. The molecule has 1 aromatic rings. The number of rotatable bonds is 4. The number of esters is 2. The molecule has 5 nitrogen and oxygen atoms in total. The van der Waals surface area contributed by atoms with Gasteiger partial charge in [0.1, 0.15) is 5.75 Å². The summed E-state index contributed by atoms with van der Waals surface area (Å²) in [4.78, 5) is 23.3. The highest BCUT2D eigenvalue weighted by Gasteiger charge is 2.25. The van der Waals surface area contributed by atoms with Gasteiger partial charge in [0.15, 0.2) is 6.10 Å². The third kappa shape index (κ3) is 3.54. The van der Waals surface area contributed by atoms with Gasteiger partial charge in [-0.15, -0.1) is 0 Å². The van der Waals surface area contributed by atoms with Crippen molar-refractivity contribution in [1.29, 1.82) is 0 Å². The second kappa shape index (κ2) is 6.33. The fraction of sp³-hybridized carbons (Fsp3) is 0.429. The molecule has 0 bridgehead atoms. The molecule has 1 unspecified atom stereocenters. The monoisotopic (exact) mass is 264 g/mol. The zero-order valence-corrected chi connectivity index (χ0v) is 10.8. The van der Waals surface area contributed by atoms with Crippen LogP contribution in [0.5, 0.6) is 5.75 Å². The molecule has 1 saturated heterocycles. The van der Waals surface area contributed by atoms with E-state index in [9.17, 15) is 9.59 Å². The maximum atomic E-state index is 11.8. The van der Waals surface area contributed by atoms with E-state index in [0.717, 1.165) is 6.42 Å². The van der Waals surface area contributed by atoms with Crippen LogP contribution in [0, 0.1) is 0 Å². The summed E-state index contributed by atoms with van der Waals surface area (Å²) in [5.41, 5.74) is 0.361. The third-order valence-corrected chi connectivity index (χ3v) is 2.76. The average molecular weight is 264 g/mol. The average Bonchev–Trinajstić information content (AvgIpc) is 2.93. The minimum Gasteiger partial charge on any atom is -0.462 e. The van der Waals surface area contributed by atoms with Crippen LogP contribution in [0.4, 0.5) is 0 Å². The molecular formula is C14H16O5. The lowest BCUT2D eigenvalue weighted by molar-refractivity contribution is -0.144. The van der Waals surface area contributed by atoms with Gasteiger partial charge in [0.25, 0.3) is 0 Å². The zero-order valence-electron chi connectivity index (χ0n) is 10.8. The summed E-state index contributed by atoms with van der Waals surface area (Å²) in [6.45, 7) is 2.63. The van der Waals surface area contributed by atoms with Gasteiger partial charge in [-0.05, 0) is 38.0 Å². The van der Waals surface area contributed by atoms with Crippen molar-refractivity contribution in [3.05, 3.63) is 29.8 Å². The highest BCUT2D eigenvalue weighted by molar-refractivity contribution is 5.90. The number of hydrogen-bond acceptors (Lipinski definition) is 5. The second-order valence-electron chi connectivity index (χ2n) is 4.17. The van der Waals surface area contributed by atoms with E-state index in [1.807, 2.05) is 0 Å². The number of hydrogen-bond donors (Lipinski definition) is 0. The molecule has 0 saturated carbocycles. The van der Waals surface area contributed by atoms with Crippen molar-refractivity contribution >= 4 is 11.9 Å². The van der Waals surface area contributed by atoms with Crippen LogP contribution in [0.3, 0.4) is 0 Å². The summed E-state index contributed by atoms with van der Waals surface area (Å²) in [5, 5.41) is 0. The molecule has 1 aliphatic heterocycles. The number of ether oxygens (including phenoxy) is 3. The van der Waals surface area contributed by atoms with Gasteiger partial charge in [-0.1, -0.05) is 6.07 Å². The van der Waals surface area contributed by atoms with Crippen LogP contribution < -0.4 is 4.74 Å². The smallest absolute Gasteiger partial charge is 0.340 e. The molecule has 2 rings (SSSR count). The van der Waals surface area contributed by atoms with Crippen LogP contribution in [0.1, 0.15) is 30.1 Å². The van der Waals surface area contributed by atoms with E-state index in [4.69, 9.17) is 14.2 Å². The van der Waals surface area contributed by atoms with E-state index >= 15 is 0 Å². The van der Waals surface area contributed by atoms with Crippen LogP contribution >= 0.6 is 0 Å². The molecule has 102 valence electrons. The summed E-state index contributed by atoms with van der Waals surface area (Å²) >= 11 is 0. The minimum absolute atomic E-state index is 0.304. The van der Waals surface area contributed by atoms with Crippen molar-refractivity contribution in [3.63, 3.8) is 0 Å². The summed E-state index contributed by atoms with van der Waals surface area (Å²) in [6.07, 6.45) is 1.05. The van der Waals surface area contributed by atoms with Gasteiger partial charge in [0.2, 0.25) is 0 Å². The summed E-state index contributed by atoms with van der Waals surface area (Å²) in [5.74, 6) is -0.526. The maximum Gasteiger partial charge on any atom is 0.340 e. The molecule has 1 fully saturated rings. The standard InChI is InChI=1S/C14H16O5/c1-2-17-13(15)10-5-3-6-11(9-10)19-14(16)12-7-4-8-18-12/h3,5-6,9,12H,2,4,7-8H2,1H3. The first-order chi connectivity index (χ1) is 9.20. The molecule has 19 heavy (non-hydrogen) atoms. The lowest BCUT2D eigenvalue weighted by Crippen LogP contribution is -2.24. The van der Waals surface area contributed by atoms with E-state index in [1.165, 1.54) is 6.07 Å². The summed E-state index contributed by atoms with van der Waals surface area (Å²) in [6, 6.07) is 6.37. The molecule has 0 spiro atoms. The van der Waals surface area contributed by atoms with Gasteiger partial charge in [-0.3, -0.25) is 0 Å². The lowest BCUT2D eigenvalue weighted by Gasteiger charge is -2.10. The Morgan fingerprint density at radius 1 is 1.42 bits per heavy atom. The van der Waals surface area contributed by atoms with Gasteiger partial charge >= 0.3 is 11.9 Å². The molecule has 1 heterocycles. The molecule has 5 heteroatoms. The maximum absolute atomic E-state index is 11.8. The topological polar surface area (TPSA) is 61.8 Å². The van der Waals surface area contributed by atoms with E-state index in [0.29, 0.717) is 30.9 Å². The zero-order chi connectivity index (χ0) is 13.7. The van der Waals surface area contributed by atoms with Crippen LogP contribution in [0.15, 0.2) is 24.3 Å². The first-order valence-corrected chi connectivity index (χ1v) is 6.31. The molecule has 0 N–H and O–H groups in total. The van der Waals surface area contributed by atoms with Gasteiger partial charge in [-0.25, -0.2) is 9.59 Å². The molecule has 0 aromatic heterocycles. The predicted octanol–water partition coefficient (Wildman–Crippen LogP) is 1.95. The molecule has 1 atom stereocenters. The van der Waals surface area contributed by atoms with Crippen molar-refractivity contribution in [2.45, 2.75) is 25.9 Å². The molecule has 1 aliphatic rings. The van der Waals surface area contributed by atoms with Crippen LogP contribution in [-0.2, 0) is 14.3 Å². The Hall–Kier alpha value is -1.88. The minimum atomic E-state index is -0.494. The van der Waals surface area contributed by atoms with Crippen molar-refractivity contribution in [3.8, 4) is 5.75 Å². The largest absolute Gasteiger partial charge is 0.462 e. The Morgan fingerprint density at radius 3 is 2.95 bits per heavy atom. The van der Waals surface area contributed by atoms with Crippen LogP contribution in [0.2, 0.25) is 0 Å². The van der Waals surface area contributed by atoms with Gasteiger partial charge in [0, 0.05) is 6.61 Å². The molecule has 0 aliphatic carbocycles. The Morgan fingerprint density at radius 2 is 2.26 bits per heavy atom. The first-order valence-electron chi connectivity index (χ1n) is 6.31. The second-order valence-corrected chi connectivity index (χ2v) is 4.17. The van der Waals surface area contributed by atoms with E-state index in [1.54, 1.807) is 25.1 Å². The molecule has 1 aromatic carbocycles. The fourth-order valence-corrected chi connectivity index (χ4v) is 1.85. The lowest BCUT2D eigenvalue weighted by atomic mass is 10.2. The van der Waals surface area contributed by atoms with Crippen LogP contribution in [0.25, 0.3) is 0 Å². The number of carbonyl (C=O) groups excluding carboxylic acids is 2. The quantitative estimate of drug-likeness (QED) is 0.614. The SMILES string of the molecule is CCOC(=O)c1cccc(OC(=O)C2CCCO2)c1. The first kappa shape index (κ1) is 13.5. The summed E-state index contributed by atoms with van der Waals surface area (Å²) in [7, 11) is 0. The highest BCUT2D eigenvalue weighted by Crippen LogP contribution is 2.18. The Balaban J connectivity index is 2.02. The predicted molar refractivity (Wildman–Crippen MR) is 67.0 cm³/mol. The molecular weight excluding hydrogens is 248 g/mol. The molecule has 0 amide bonds. The normalized spacial score (nSPS) is 18.1. The van der Waals surface area contributed by atoms with Crippen molar-refractivity contribution in [1.82, 2.24) is 0 Å². The van der Waals surface area contributed by atoms with Crippen LogP contribution in [-0.4, -0.2) is 31.3 Å². The summed E-state index contributed by atoms with van der Waals surface area (Å²) < 4.78 is 15.3. The van der Waals surface area contributed by atoms with E-state index < -0.39 is 18.0 Å². The Kier molecular flexibility index (Phi) is 4.52. The fourth-order valence-electron chi connectivity index (χ4n) is 1.85. The van der Waals surface area contributed by atoms with Crippen molar-refractivity contribution < 1.29 is 23.8 Å². The van der Waals surface area contributed by atoms with Crippen molar-refractivity contribution in [2.75, 3.05) is 13.2 Å². The third-order valence-electron chi connectivity index (χ3n) is 2.76. The van der Waals surface area contributed by atoms with E-state index in [2.05, 4.69) is 0 Å². The highest BCUT2D eigenvalue weighted by atomic mass is 16.6. The van der Waals surface area contributed by atoms with E-state index in [-0.39, 0.29) is 0 Å². The molecule has 0 radical (unpaired) electrons. The van der Waals surface area contributed by atoms with Gasteiger partial charge in [0.05, 0.1) is 12.2 Å². The Bertz CT molecular complexity index is 463. The van der Waals surface area contributed by atoms with Gasteiger partial charge < -0.3 is 14.2 Å². The number of carbonyl (C=O) groups is 2. The van der Waals surface area contributed by atoms with Gasteiger partial charge in [-0.2, -0.15) is 0 Å². The Labute approximate surface area is 111 Å².